The van der Waals surface area contributed by atoms with Gasteiger partial charge in [0.15, 0.2) is 0 Å². The molecule has 0 aromatic rings. The number of allylic oxidation sites excluding steroid dienone is 2. The predicted molar refractivity (Wildman–Crippen MR) is 79.4 cm³/mol. The van der Waals surface area contributed by atoms with Crippen LogP contribution < -0.4 is 0 Å². The van der Waals surface area contributed by atoms with Crippen LogP contribution in [0.15, 0.2) is 36.5 Å². The lowest BCUT2D eigenvalue weighted by atomic mass is 10.1. The molecule has 0 saturated heterocycles. The van der Waals surface area contributed by atoms with Gasteiger partial charge in [-0.05, 0) is 17.9 Å². The number of hydrogen-bond donors (Lipinski definition) is 0. The third-order valence-electron chi connectivity index (χ3n) is 2.61. The molecule has 102 valence electrons. The van der Waals surface area contributed by atoms with E-state index in [4.69, 9.17) is 0 Å². The van der Waals surface area contributed by atoms with Gasteiger partial charge in [0, 0.05) is 19.5 Å². The van der Waals surface area contributed by atoms with Gasteiger partial charge in [0.1, 0.15) is 0 Å². The molecule has 0 N–H and O–H groups in total. The normalized spacial score (nSPS) is 24.0. The Hall–Kier alpha value is -1.31. The molecule has 1 unspecified atom stereocenters. The smallest absolute Gasteiger partial charge is 0.226 e. The Balaban J connectivity index is 0.00000137. The van der Waals surface area contributed by atoms with E-state index in [1.165, 1.54) is 0 Å². The van der Waals surface area contributed by atoms with Crippen LogP contribution >= 0.6 is 0 Å². The van der Waals surface area contributed by atoms with Crippen LogP contribution in [0.3, 0.4) is 0 Å². The van der Waals surface area contributed by atoms with Crippen LogP contribution in [0.5, 0.6) is 0 Å². The standard InChI is InChI=1S/C14H21NO.C2H6/c1-4-10-15-11-13(3)9-8-12(2)6-5-7-14(15)16;1-2/h5-6,8-9,12H,3-4,7,10-11H2,1-2H3;1-2H3/b6-5-,9-8-;. The Morgan fingerprint density at radius 1 is 1.39 bits per heavy atom. The van der Waals surface area contributed by atoms with Crippen molar-refractivity contribution in [3.05, 3.63) is 36.5 Å². The van der Waals surface area contributed by atoms with Crippen LogP contribution in [0.2, 0.25) is 0 Å². The molecule has 2 heteroatoms. The number of rotatable bonds is 2. The van der Waals surface area contributed by atoms with Gasteiger partial charge < -0.3 is 4.90 Å². The number of carbonyl (C=O) groups is 1. The van der Waals surface area contributed by atoms with E-state index < -0.39 is 0 Å². The molecule has 1 heterocycles. The second-order valence-electron chi connectivity index (χ2n) is 4.32. The van der Waals surface area contributed by atoms with Gasteiger partial charge in [-0.2, -0.15) is 0 Å². The molecule has 1 atom stereocenters. The fraction of sp³-hybridized carbons (Fsp3) is 0.562. The first-order valence-electron chi connectivity index (χ1n) is 6.94. The summed E-state index contributed by atoms with van der Waals surface area (Å²) in [4.78, 5) is 13.8. The summed E-state index contributed by atoms with van der Waals surface area (Å²) in [6, 6.07) is 0. The molecule has 1 rings (SSSR count). The lowest BCUT2D eigenvalue weighted by Gasteiger charge is -2.22. The van der Waals surface area contributed by atoms with E-state index in [9.17, 15) is 4.79 Å². The Bertz CT molecular complexity index is 315. The highest BCUT2D eigenvalue weighted by Gasteiger charge is 2.12. The van der Waals surface area contributed by atoms with Crippen molar-refractivity contribution < 1.29 is 4.79 Å². The number of amides is 1. The minimum atomic E-state index is 0.196. The highest BCUT2D eigenvalue weighted by atomic mass is 16.2. The zero-order valence-corrected chi connectivity index (χ0v) is 12.3. The maximum absolute atomic E-state index is 11.9. The highest BCUT2D eigenvalue weighted by Crippen LogP contribution is 2.09. The van der Waals surface area contributed by atoms with E-state index >= 15 is 0 Å². The third kappa shape index (κ3) is 6.43. The van der Waals surface area contributed by atoms with Gasteiger partial charge in [0.25, 0.3) is 0 Å². The lowest BCUT2D eigenvalue weighted by Crippen LogP contribution is -2.32. The maximum atomic E-state index is 11.9. The van der Waals surface area contributed by atoms with Crippen LogP contribution in [0.4, 0.5) is 0 Å². The number of hydrogen-bond acceptors (Lipinski definition) is 1. The minimum absolute atomic E-state index is 0.196. The predicted octanol–water partition coefficient (Wildman–Crippen LogP) is 3.96. The van der Waals surface area contributed by atoms with Crippen LogP contribution in [0.1, 0.15) is 40.5 Å². The summed E-state index contributed by atoms with van der Waals surface area (Å²) in [5, 5.41) is 0. The van der Waals surface area contributed by atoms with E-state index in [1.807, 2.05) is 30.9 Å². The molecule has 0 aromatic carbocycles. The molecule has 0 aliphatic carbocycles. The van der Waals surface area contributed by atoms with Crippen molar-refractivity contribution in [2.45, 2.75) is 40.5 Å². The van der Waals surface area contributed by atoms with Gasteiger partial charge in [0.2, 0.25) is 5.91 Å². The maximum Gasteiger partial charge on any atom is 0.226 e. The molecule has 0 fully saturated rings. The van der Waals surface area contributed by atoms with Crippen molar-refractivity contribution in [1.29, 1.82) is 0 Å². The topological polar surface area (TPSA) is 20.3 Å². The molecule has 1 aliphatic rings. The van der Waals surface area contributed by atoms with Crippen molar-refractivity contribution in [2.75, 3.05) is 13.1 Å². The Kier molecular flexibility index (Phi) is 8.99. The summed E-state index contributed by atoms with van der Waals surface area (Å²) in [5.74, 6) is 0.573. The van der Waals surface area contributed by atoms with Gasteiger partial charge >= 0.3 is 0 Å². The zero-order valence-electron chi connectivity index (χ0n) is 12.3. The van der Waals surface area contributed by atoms with Gasteiger partial charge in [0.05, 0.1) is 0 Å². The summed E-state index contributed by atoms with van der Waals surface area (Å²) in [7, 11) is 0. The largest absolute Gasteiger partial charge is 0.338 e. The molecule has 1 aliphatic heterocycles. The van der Waals surface area contributed by atoms with E-state index in [1.54, 1.807) is 0 Å². The van der Waals surface area contributed by atoms with Crippen molar-refractivity contribution >= 4 is 5.91 Å². The molecule has 0 aromatic heterocycles. The first kappa shape index (κ1) is 16.7. The highest BCUT2D eigenvalue weighted by molar-refractivity contribution is 5.78. The Morgan fingerprint density at radius 2 is 2.06 bits per heavy atom. The number of carbonyl (C=O) groups excluding carboxylic acids is 1. The van der Waals surface area contributed by atoms with Crippen molar-refractivity contribution in [3.63, 3.8) is 0 Å². The van der Waals surface area contributed by atoms with Crippen molar-refractivity contribution in [1.82, 2.24) is 4.90 Å². The molecule has 1 amide bonds. The first-order chi connectivity index (χ1) is 8.63. The SMILES string of the molecule is C=C1/C=C\C(C)/C=C\CC(=O)N(CCC)C1.CC. The monoisotopic (exact) mass is 249 g/mol. The zero-order chi connectivity index (χ0) is 14.0. The van der Waals surface area contributed by atoms with Crippen molar-refractivity contribution in [3.8, 4) is 0 Å². The summed E-state index contributed by atoms with van der Waals surface area (Å²) < 4.78 is 0. The molecule has 0 bridgehead atoms. The molecule has 0 spiro atoms. The first-order valence-corrected chi connectivity index (χ1v) is 6.94. The fourth-order valence-corrected chi connectivity index (χ4v) is 1.72. The molecule has 2 nitrogen and oxygen atoms in total. The van der Waals surface area contributed by atoms with Gasteiger partial charge in [-0.25, -0.2) is 0 Å². The summed E-state index contributed by atoms with van der Waals surface area (Å²) in [6.07, 6.45) is 9.68. The van der Waals surface area contributed by atoms with Gasteiger partial charge in [-0.1, -0.05) is 58.6 Å². The average Bonchev–Trinajstić information content (AvgIpc) is 2.37. The second kappa shape index (κ2) is 9.69. The quantitative estimate of drug-likeness (QED) is 0.678. The summed E-state index contributed by atoms with van der Waals surface area (Å²) in [6.45, 7) is 13.6. The minimum Gasteiger partial charge on any atom is -0.338 e. The second-order valence-corrected chi connectivity index (χ2v) is 4.32. The Labute approximate surface area is 112 Å². The molecule has 0 saturated carbocycles. The third-order valence-corrected chi connectivity index (χ3v) is 2.61. The molecule has 18 heavy (non-hydrogen) atoms. The molecular weight excluding hydrogens is 222 g/mol. The fourth-order valence-electron chi connectivity index (χ4n) is 1.72. The summed E-state index contributed by atoms with van der Waals surface area (Å²) >= 11 is 0. The summed E-state index contributed by atoms with van der Waals surface area (Å²) in [5.41, 5.74) is 1.00. The number of nitrogens with zero attached hydrogens (tertiary/aromatic N) is 1. The molecule has 0 radical (unpaired) electrons. The van der Waals surface area contributed by atoms with Crippen LogP contribution in [0.25, 0.3) is 0 Å². The average molecular weight is 249 g/mol. The molecular formula is C16H27NO. The van der Waals surface area contributed by atoms with Crippen LogP contribution in [-0.4, -0.2) is 23.9 Å². The van der Waals surface area contributed by atoms with E-state index in [2.05, 4.69) is 32.6 Å². The van der Waals surface area contributed by atoms with Crippen LogP contribution in [0, 0.1) is 5.92 Å². The van der Waals surface area contributed by atoms with Crippen molar-refractivity contribution in [2.24, 2.45) is 5.92 Å². The van der Waals surface area contributed by atoms with E-state index in [0.29, 0.717) is 18.9 Å². The van der Waals surface area contributed by atoms with E-state index in [-0.39, 0.29) is 5.91 Å². The van der Waals surface area contributed by atoms with Gasteiger partial charge in [-0.3, -0.25) is 4.79 Å². The van der Waals surface area contributed by atoms with Gasteiger partial charge in [-0.15, -0.1) is 0 Å². The lowest BCUT2D eigenvalue weighted by molar-refractivity contribution is -0.129. The Morgan fingerprint density at radius 3 is 2.67 bits per heavy atom. The van der Waals surface area contributed by atoms with E-state index in [0.717, 1.165) is 18.5 Å². The van der Waals surface area contributed by atoms with Crippen LogP contribution in [-0.2, 0) is 4.79 Å².